The number of carboxylic acids is 1. The maximum atomic E-state index is 12.3. The molecule has 0 aliphatic carbocycles. The molecule has 0 saturated carbocycles. The average Bonchev–Trinajstić information content (AvgIpc) is 2.99. The summed E-state index contributed by atoms with van der Waals surface area (Å²) in [6.07, 6.45) is 1.91. The number of H-pyrrole nitrogens is 1. The smallest absolute Gasteiger partial charge is 0.225 e. The molecule has 2 aromatic carbocycles. The maximum Gasteiger partial charge on any atom is 0.225 e. The van der Waals surface area contributed by atoms with E-state index in [9.17, 15) is 19.8 Å². The number of hydrogen-bond donors (Lipinski definition) is 3. The Morgan fingerprint density at radius 3 is 2.56 bits per heavy atom. The Kier molecular flexibility index (Phi) is 4.70. The van der Waals surface area contributed by atoms with Crippen LogP contribution < -0.4 is 10.4 Å². The van der Waals surface area contributed by atoms with E-state index in [1.807, 2.05) is 24.3 Å². The first-order chi connectivity index (χ1) is 12.0. The first-order valence-electron chi connectivity index (χ1n) is 7.86. The third-order valence-corrected chi connectivity index (χ3v) is 4.02. The molecule has 0 radical (unpaired) electrons. The fraction of sp³-hybridized carbons (Fsp3) is 0.158. The number of rotatable bonds is 6. The van der Waals surface area contributed by atoms with Crippen molar-refractivity contribution in [2.45, 2.75) is 18.9 Å². The standard InChI is InChI=1S/C19H18N2O4/c22-14-7-5-12(6-8-14)9-17(19(24)25)21-18(23)10-13-11-20-16-4-2-1-3-15(13)16/h1-8,11,17,20,22H,9-10H2,(H,21,23)(H,24,25)/p-1. The summed E-state index contributed by atoms with van der Waals surface area (Å²) in [6, 6.07) is 12.6. The third kappa shape index (κ3) is 3.98. The normalized spacial score (nSPS) is 12.0. The van der Waals surface area contributed by atoms with Crippen molar-refractivity contribution in [3.8, 4) is 5.75 Å². The number of aromatic amines is 1. The third-order valence-electron chi connectivity index (χ3n) is 4.02. The second-order valence-electron chi connectivity index (χ2n) is 5.85. The van der Waals surface area contributed by atoms with Crippen LogP contribution in [0.4, 0.5) is 0 Å². The van der Waals surface area contributed by atoms with Gasteiger partial charge in [-0.3, -0.25) is 4.79 Å². The lowest BCUT2D eigenvalue weighted by molar-refractivity contribution is -0.308. The lowest BCUT2D eigenvalue weighted by Crippen LogP contribution is -2.49. The van der Waals surface area contributed by atoms with Crippen LogP contribution in [0.25, 0.3) is 10.9 Å². The quantitative estimate of drug-likeness (QED) is 0.621. The van der Waals surface area contributed by atoms with Crippen LogP contribution in [0.5, 0.6) is 5.75 Å². The highest BCUT2D eigenvalue weighted by Gasteiger charge is 2.16. The predicted molar refractivity (Wildman–Crippen MR) is 90.8 cm³/mol. The Morgan fingerprint density at radius 2 is 1.84 bits per heavy atom. The summed E-state index contributed by atoms with van der Waals surface area (Å²) >= 11 is 0. The Balaban J connectivity index is 1.68. The predicted octanol–water partition coefficient (Wildman–Crippen LogP) is 0.893. The number of amides is 1. The number of para-hydroxylation sites is 1. The zero-order chi connectivity index (χ0) is 17.8. The molecule has 128 valence electrons. The summed E-state index contributed by atoms with van der Waals surface area (Å²) in [4.78, 5) is 26.7. The van der Waals surface area contributed by atoms with Crippen molar-refractivity contribution in [3.63, 3.8) is 0 Å². The van der Waals surface area contributed by atoms with Crippen LogP contribution in [0, 0.1) is 0 Å². The fourth-order valence-electron chi connectivity index (χ4n) is 2.76. The molecule has 0 spiro atoms. The van der Waals surface area contributed by atoms with Gasteiger partial charge in [0.05, 0.1) is 18.4 Å². The highest BCUT2D eigenvalue weighted by molar-refractivity contribution is 5.90. The fourth-order valence-corrected chi connectivity index (χ4v) is 2.76. The SMILES string of the molecule is O=C(Cc1c[nH]c2ccccc12)NC(Cc1ccc(O)cc1)C(=O)[O-]. The molecule has 0 saturated heterocycles. The number of carbonyl (C=O) groups excluding carboxylic acids is 2. The molecule has 3 N–H and O–H groups in total. The largest absolute Gasteiger partial charge is 0.548 e. The van der Waals surface area contributed by atoms with E-state index in [0.29, 0.717) is 5.56 Å². The molecule has 3 rings (SSSR count). The van der Waals surface area contributed by atoms with Gasteiger partial charge in [-0.05, 0) is 35.7 Å². The molecular formula is C19H17N2O4-. The number of hydrogen-bond acceptors (Lipinski definition) is 4. The molecule has 1 amide bonds. The molecule has 1 atom stereocenters. The van der Waals surface area contributed by atoms with Crippen LogP contribution >= 0.6 is 0 Å². The molecule has 0 aliphatic heterocycles. The zero-order valence-corrected chi connectivity index (χ0v) is 13.4. The highest BCUT2D eigenvalue weighted by atomic mass is 16.4. The minimum Gasteiger partial charge on any atom is -0.548 e. The van der Waals surface area contributed by atoms with E-state index < -0.39 is 17.9 Å². The topological polar surface area (TPSA) is 105 Å². The Labute approximate surface area is 144 Å². The van der Waals surface area contributed by atoms with Crippen molar-refractivity contribution >= 4 is 22.8 Å². The van der Waals surface area contributed by atoms with Crippen molar-refractivity contribution in [1.29, 1.82) is 0 Å². The van der Waals surface area contributed by atoms with Crippen molar-refractivity contribution in [2.24, 2.45) is 0 Å². The first-order valence-corrected chi connectivity index (χ1v) is 7.86. The van der Waals surface area contributed by atoms with Crippen molar-refractivity contribution < 1.29 is 19.8 Å². The minimum absolute atomic E-state index is 0.0728. The average molecular weight is 337 g/mol. The van der Waals surface area contributed by atoms with Gasteiger partial charge in [-0.15, -0.1) is 0 Å². The Morgan fingerprint density at radius 1 is 1.12 bits per heavy atom. The second kappa shape index (κ2) is 7.09. The summed E-state index contributed by atoms with van der Waals surface area (Å²) in [5, 5.41) is 24.1. The number of phenols is 1. The van der Waals surface area contributed by atoms with E-state index in [2.05, 4.69) is 10.3 Å². The summed E-state index contributed by atoms with van der Waals surface area (Å²) in [5.41, 5.74) is 2.40. The molecule has 0 aliphatic rings. The number of nitrogens with one attached hydrogen (secondary N) is 2. The molecule has 25 heavy (non-hydrogen) atoms. The number of aliphatic carboxylic acids is 1. The minimum atomic E-state index is -1.35. The second-order valence-corrected chi connectivity index (χ2v) is 5.85. The molecule has 6 heteroatoms. The van der Waals surface area contributed by atoms with Gasteiger partial charge >= 0.3 is 0 Å². The lowest BCUT2D eigenvalue weighted by atomic mass is 10.0. The number of aromatic nitrogens is 1. The molecular weight excluding hydrogens is 320 g/mol. The van der Waals surface area contributed by atoms with Crippen molar-refractivity contribution in [1.82, 2.24) is 10.3 Å². The highest BCUT2D eigenvalue weighted by Crippen LogP contribution is 2.18. The van der Waals surface area contributed by atoms with Crippen molar-refractivity contribution in [2.75, 3.05) is 0 Å². The number of carbonyl (C=O) groups is 2. The summed E-state index contributed by atoms with van der Waals surface area (Å²) < 4.78 is 0. The van der Waals surface area contributed by atoms with Gasteiger partial charge in [-0.2, -0.15) is 0 Å². The Hall–Kier alpha value is -3.28. The van der Waals surface area contributed by atoms with Gasteiger partial charge in [-0.25, -0.2) is 0 Å². The van der Waals surface area contributed by atoms with Crippen LogP contribution in [0.15, 0.2) is 54.7 Å². The van der Waals surface area contributed by atoms with E-state index in [0.717, 1.165) is 16.5 Å². The van der Waals surface area contributed by atoms with E-state index in [1.54, 1.807) is 18.3 Å². The zero-order valence-electron chi connectivity index (χ0n) is 13.4. The lowest BCUT2D eigenvalue weighted by Gasteiger charge is -2.20. The first kappa shape index (κ1) is 16.6. The number of benzene rings is 2. The molecule has 3 aromatic rings. The number of fused-ring (bicyclic) bond motifs is 1. The molecule has 1 heterocycles. The number of aromatic hydroxyl groups is 1. The van der Waals surface area contributed by atoms with E-state index >= 15 is 0 Å². The summed E-state index contributed by atoms with van der Waals surface area (Å²) in [5.74, 6) is -1.64. The summed E-state index contributed by atoms with van der Waals surface area (Å²) in [7, 11) is 0. The van der Waals surface area contributed by atoms with Gasteiger partial charge in [0.25, 0.3) is 0 Å². The van der Waals surface area contributed by atoms with Crippen LogP contribution in [-0.4, -0.2) is 28.0 Å². The van der Waals surface area contributed by atoms with E-state index in [-0.39, 0.29) is 18.6 Å². The number of carboxylic acid groups (broad SMARTS) is 1. The molecule has 0 bridgehead atoms. The monoisotopic (exact) mass is 337 g/mol. The van der Waals surface area contributed by atoms with E-state index in [1.165, 1.54) is 12.1 Å². The van der Waals surface area contributed by atoms with Crippen LogP contribution in [0.3, 0.4) is 0 Å². The van der Waals surface area contributed by atoms with Gasteiger partial charge in [0.15, 0.2) is 0 Å². The number of phenolic OH excluding ortho intramolecular Hbond substituents is 1. The molecule has 1 aromatic heterocycles. The van der Waals surface area contributed by atoms with Gasteiger partial charge in [0, 0.05) is 17.1 Å². The van der Waals surface area contributed by atoms with Crippen molar-refractivity contribution in [3.05, 3.63) is 65.9 Å². The Bertz CT molecular complexity index is 899. The van der Waals surface area contributed by atoms with Gasteiger partial charge in [0.2, 0.25) is 5.91 Å². The van der Waals surface area contributed by atoms with Crippen LogP contribution in [0.2, 0.25) is 0 Å². The summed E-state index contributed by atoms with van der Waals surface area (Å²) in [6.45, 7) is 0. The van der Waals surface area contributed by atoms with E-state index in [4.69, 9.17) is 0 Å². The molecule has 0 fully saturated rings. The molecule has 6 nitrogen and oxygen atoms in total. The van der Waals surface area contributed by atoms with Gasteiger partial charge < -0.3 is 25.3 Å². The van der Waals surface area contributed by atoms with Gasteiger partial charge in [-0.1, -0.05) is 30.3 Å². The van der Waals surface area contributed by atoms with Crippen LogP contribution in [-0.2, 0) is 22.4 Å². The maximum absolute atomic E-state index is 12.3. The molecule has 1 unspecified atom stereocenters. The van der Waals surface area contributed by atoms with Gasteiger partial charge in [0.1, 0.15) is 5.75 Å². The van der Waals surface area contributed by atoms with Crippen LogP contribution in [0.1, 0.15) is 11.1 Å².